The van der Waals surface area contributed by atoms with Crippen LogP contribution in [0.4, 0.5) is 5.69 Å². The predicted octanol–water partition coefficient (Wildman–Crippen LogP) is 6.86. The summed E-state index contributed by atoms with van der Waals surface area (Å²) in [7, 11) is 0. The summed E-state index contributed by atoms with van der Waals surface area (Å²) in [6.07, 6.45) is 15.6. The van der Waals surface area contributed by atoms with Crippen molar-refractivity contribution in [3.8, 4) is 5.75 Å². The Hall–Kier alpha value is -2.81. The molecule has 29 heavy (non-hydrogen) atoms. The molecule has 0 radical (unpaired) electrons. The van der Waals surface area contributed by atoms with Gasteiger partial charge in [-0.1, -0.05) is 55.4 Å². The molecule has 2 N–H and O–H groups in total. The molecule has 1 aliphatic carbocycles. The monoisotopic (exact) mass is 391 g/mol. The van der Waals surface area contributed by atoms with Crippen molar-refractivity contribution < 1.29 is 9.90 Å². The Morgan fingerprint density at radius 2 is 1.79 bits per heavy atom. The summed E-state index contributed by atoms with van der Waals surface area (Å²) >= 11 is 0. The molecule has 0 spiro atoms. The first kappa shape index (κ1) is 22.5. The largest absolute Gasteiger partial charge is 0.508 e. The molecule has 1 amide bonds. The number of hydrogen-bond donors (Lipinski definition) is 2. The van der Waals surface area contributed by atoms with Crippen LogP contribution in [0.5, 0.6) is 5.75 Å². The number of benzene rings is 1. The number of hydrogen-bond acceptors (Lipinski definition) is 2. The molecular weight excluding hydrogens is 358 g/mol. The third kappa shape index (κ3) is 7.26. The Balaban J connectivity index is 1.95. The molecule has 0 aromatic heterocycles. The quantitative estimate of drug-likeness (QED) is 0.316. The minimum absolute atomic E-state index is 0.173. The van der Waals surface area contributed by atoms with Gasteiger partial charge in [0.2, 0.25) is 5.91 Å². The Kier molecular flexibility index (Phi) is 7.83. The molecular formula is C26H33NO2. The van der Waals surface area contributed by atoms with Crippen molar-refractivity contribution >= 4 is 11.6 Å². The van der Waals surface area contributed by atoms with Crippen LogP contribution in [0.2, 0.25) is 0 Å². The highest BCUT2D eigenvalue weighted by Gasteiger charge is 2.26. The molecule has 3 heteroatoms. The number of aromatic hydroxyl groups is 1. The van der Waals surface area contributed by atoms with E-state index in [1.54, 1.807) is 30.3 Å². The first-order valence-electron chi connectivity index (χ1n) is 10.2. The van der Waals surface area contributed by atoms with Crippen molar-refractivity contribution in [2.24, 2.45) is 5.41 Å². The van der Waals surface area contributed by atoms with Gasteiger partial charge in [-0.3, -0.25) is 4.79 Å². The van der Waals surface area contributed by atoms with Gasteiger partial charge in [-0.2, -0.15) is 0 Å². The highest BCUT2D eigenvalue weighted by Crippen LogP contribution is 2.40. The second kappa shape index (κ2) is 10.1. The number of phenolic OH excluding ortho intramolecular Hbond substituents is 1. The molecule has 0 unspecified atom stereocenters. The zero-order chi connectivity index (χ0) is 21.4. The van der Waals surface area contributed by atoms with Gasteiger partial charge in [-0.25, -0.2) is 0 Å². The van der Waals surface area contributed by atoms with Crippen LogP contribution in [0.15, 0.2) is 83.0 Å². The maximum absolute atomic E-state index is 12.1. The normalized spacial score (nSPS) is 18.0. The molecule has 3 nitrogen and oxygen atoms in total. The maximum Gasteiger partial charge on any atom is 0.248 e. The van der Waals surface area contributed by atoms with E-state index in [-0.39, 0.29) is 17.1 Å². The smallest absolute Gasteiger partial charge is 0.248 e. The number of anilines is 1. The molecule has 1 aromatic rings. The molecule has 0 fully saturated rings. The molecule has 0 saturated heterocycles. The van der Waals surface area contributed by atoms with E-state index in [1.807, 2.05) is 19.1 Å². The van der Waals surface area contributed by atoms with E-state index in [0.717, 1.165) is 5.57 Å². The van der Waals surface area contributed by atoms with Crippen LogP contribution in [0.1, 0.15) is 53.9 Å². The van der Waals surface area contributed by atoms with Gasteiger partial charge in [0.15, 0.2) is 0 Å². The lowest BCUT2D eigenvalue weighted by Gasteiger charge is -2.32. The van der Waals surface area contributed by atoms with Crippen LogP contribution >= 0.6 is 0 Å². The molecule has 154 valence electrons. The van der Waals surface area contributed by atoms with E-state index < -0.39 is 0 Å². The number of phenols is 1. The number of rotatable bonds is 6. The van der Waals surface area contributed by atoms with Crippen molar-refractivity contribution in [2.45, 2.75) is 53.9 Å². The number of amides is 1. The summed E-state index contributed by atoms with van der Waals surface area (Å²) in [5.74, 6) is -0.0206. The van der Waals surface area contributed by atoms with Gasteiger partial charge < -0.3 is 10.4 Å². The van der Waals surface area contributed by atoms with Gasteiger partial charge in [-0.05, 0) is 80.9 Å². The molecule has 0 bridgehead atoms. The maximum atomic E-state index is 12.1. The Labute approximate surface area is 175 Å². The van der Waals surface area contributed by atoms with Gasteiger partial charge in [0.25, 0.3) is 0 Å². The minimum atomic E-state index is -0.194. The van der Waals surface area contributed by atoms with Gasteiger partial charge >= 0.3 is 0 Å². The van der Waals surface area contributed by atoms with E-state index in [9.17, 15) is 9.90 Å². The molecule has 0 atom stereocenters. The summed E-state index contributed by atoms with van der Waals surface area (Å²) in [5, 5.41) is 12.1. The fourth-order valence-corrected chi connectivity index (χ4v) is 3.61. The molecule has 0 heterocycles. The van der Waals surface area contributed by atoms with E-state index in [4.69, 9.17) is 0 Å². The van der Waals surface area contributed by atoms with Gasteiger partial charge in [0.05, 0.1) is 0 Å². The number of allylic oxidation sites excluding steroid dienone is 9. The summed E-state index contributed by atoms with van der Waals surface area (Å²) in [4.78, 5) is 12.1. The summed E-state index contributed by atoms with van der Waals surface area (Å²) in [5.41, 5.74) is 5.89. The molecule has 2 rings (SSSR count). The predicted molar refractivity (Wildman–Crippen MR) is 123 cm³/mol. The van der Waals surface area contributed by atoms with Crippen molar-refractivity contribution in [1.29, 1.82) is 0 Å². The highest BCUT2D eigenvalue weighted by molar-refractivity contribution is 5.99. The second-order valence-electron chi connectivity index (χ2n) is 8.46. The fraction of sp³-hybridized carbons (Fsp3) is 0.346. The van der Waals surface area contributed by atoms with Gasteiger partial charge in [0.1, 0.15) is 5.75 Å². The summed E-state index contributed by atoms with van der Waals surface area (Å²) in [6, 6.07) is 6.41. The second-order valence-corrected chi connectivity index (χ2v) is 8.46. The van der Waals surface area contributed by atoms with Crippen LogP contribution < -0.4 is 5.32 Å². The van der Waals surface area contributed by atoms with E-state index in [0.29, 0.717) is 5.69 Å². The number of carbonyl (C=O) groups excluding carboxylic acids is 1. The van der Waals surface area contributed by atoms with Crippen LogP contribution in [0.3, 0.4) is 0 Å². The van der Waals surface area contributed by atoms with Gasteiger partial charge in [0, 0.05) is 11.8 Å². The van der Waals surface area contributed by atoms with Crippen LogP contribution in [0, 0.1) is 5.41 Å². The van der Waals surface area contributed by atoms with Crippen molar-refractivity contribution in [2.75, 3.05) is 5.32 Å². The first-order valence-corrected chi connectivity index (χ1v) is 10.2. The lowest BCUT2D eigenvalue weighted by molar-refractivity contribution is -0.111. The van der Waals surface area contributed by atoms with Crippen molar-refractivity contribution in [1.82, 2.24) is 0 Å². The number of nitrogens with one attached hydrogen (secondary N) is 1. The van der Waals surface area contributed by atoms with Crippen molar-refractivity contribution in [3.63, 3.8) is 0 Å². The van der Waals surface area contributed by atoms with Crippen molar-refractivity contribution in [3.05, 3.63) is 83.0 Å². The third-order valence-electron chi connectivity index (χ3n) is 5.27. The van der Waals surface area contributed by atoms with E-state index in [1.165, 1.54) is 36.0 Å². The third-order valence-corrected chi connectivity index (χ3v) is 5.27. The van der Waals surface area contributed by atoms with Crippen LogP contribution in [0.25, 0.3) is 0 Å². The summed E-state index contributed by atoms with van der Waals surface area (Å²) < 4.78 is 0. The first-order chi connectivity index (χ1) is 13.7. The SMILES string of the molecule is CC1=C(/C=C/C(C)=C\C=C\C(C)=C\C(=O)Nc2ccc(O)cc2)C(C)(C)CCC1. The Morgan fingerprint density at radius 1 is 1.10 bits per heavy atom. The van der Waals surface area contributed by atoms with Crippen LogP contribution in [-0.4, -0.2) is 11.0 Å². The molecule has 1 aliphatic rings. The lowest BCUT2D eigenvalue weighted by atomic mass is 9.72. The Morgan fingerprint density at radius 3 is 2.45 bits per heavy atom. The minimum Gasteiger partial charge on any atom is -0.508 e. The highest BCUT2D eigenvalue weighted by atomic mass is 16.3. The molecule has 1 aromatic carbocycles. The Bertz CT molecular complexity index is 878. The fourth-order valence-electron chi connectivity index (χ4n) is 3.61. The molecule has 0 aliphatic heterocycles. The summed E-state index contributed by atoms with van der Waals surface area (Å²) in [6.45, 7) is 10.9. The zero-order valence-corrected chi connectivity index (χ0v) is 18.3. The van der Waals surface area contributed by atoms with E-state index >= 15 is 0 Å². The molecule has 0 saturated carbocycles. The zero-order valence-electron chi connectivity index (χ0n) is 18.3. The van der Waals surface area contributed by atoms with E-state index in [2.05, 4.69) is 51.2 Å². The van der Waals surface area contributed by atoms with Crippen LogP contribution in [-0.2, 0) is 4.79 Å². The standard InChI is InChI=1S/C26H33NO2/c1-19(11-16-24-21(3)10-7-17-26(24,4)5)8-6-9-20(2)18-25(29)27-22-12-14-23(28)15-13-22/h6,8-9,11-16,18,28H,7,10,17H2,1-5H3,(H,27,29)/b9-6+,16-11+,19-8-,20-18+. The topological polar surface area (TPSA) is 49.3 Å². The average Bonchev–Trinajstić information content (AvgIpc) is 2.62. The average molecular weight is 392 g/mol. The number of carbonyl (C=O) groups is 1. The lowest BCUT2D eigenvalue weighted by Crippen LogP contribution is -2.19. The van der Waals surface area contributed by atoms with Gasteiger partial charge in [-0.15, -0.1) is 0 Å².